The third-order valence-electron chi connectivity index (χ3n) is 6.69. The van der Waals surface area contributed by atoms with E-state index in [0.717, 1.165) is 54.4 Å². The summed E-state index contributed by atoms with van der Waals surface area (Å²) in [6.45, 7) is 4.09. The van der Waals surface area contributed by atoms with Crippen molar-refractivity contribution in [2.75, 3.05) is 25.1 Å². The fourth-order valence-corrected chi connectivity index (χ4v) is 5.00. The minimum atomic E-state index is -4.48. The number of nitrogens with zero attached hydrogens (tertiary/aromatic N) is 3. The van der Waals surface area contributed by atoms with E-state index in [-0.39, 0.29) is 11.6 Å². The summed E-state index contributed by atoms with van der Waals surface area (Å²) in [5, 5.41) is 5.01. The van der Waals surface area contributed by atoms with Gasteiger partial charge in [0.1, 0.15) is 5.52 Å². The van der Waals surface area contributed by atoms with Gasteiger partial charge in [-0.1, -0.05) is 54.1 Å². The quantitative estimate of drug-likeness (QED) is 0.319. The van der Waals surface area contributed by atoms with Crippen molar-refractivity contribution in [3.05, 3.63) is 83.4 Å². The number of aromatic nitrogens is 2. The summed E-state index contributed by atoms with van der Waals surface area (Å²) < 4.78 is 48.8. The first-order chi connectivity index (χ1) is 16.8. The number of benzene rings is 3. The molecule has 0 bridgehead atoms. The summed E-state index contributed by atoms with van der Waals surface area (Å²) >= 11 is 0. The van der Waals surface area contributed by atoms with Gasteiger partial charge in [-0.25, -0.2) is 0 Å². The molecule has 0 aliphatic carbocycles. The molecule has 0 radical (unpaired) electrons. The summed E-state index contributed by atoms with van der Waals surface area (Å²) in [6.07, 6.45) is -2.24. The van der Waals surface area contributed by atoms with Crippen LogP contribution in [0.4, 0.5) is 18.9 Å². The van der Waals surface area contributed by atoms with Crippen LogP contribution in [0.25, 0.3) is 22.2 Å². The number of methoxy groups -OCH3 is 1. The topological polar surface area (TPSA) is 30.3 Å². The number of alkyl halides is 3. The van der Waals surface area contributed by atoms with Crippen molar-refractivity contribution in [2.24, 2.45) is 0 Å². The van der Waals surface area contributed by atoms with E-state index in [1.165, 1.54) is 6.07 Å². The van der Waals surface area contributed by atoms with Crippen molar-refractivity contribution in [2.45, 2.75) is 38.6 Å². The molecule has 182 valence electrons. The Bertz CT molecular complexity index is 1350. The molecular formula is C28H28F3N3O. The van der Waals surface area contributed by atoms with Gasteiger partial charge in [-0.3, -0.25) is 4.68 Å². The molecule has 1 saturated heterocycles. The van der Waals surface area contributed by atoms with Gasteiger partial charge < -0.3 is 9.64 Å². The van der Waals surface area contributed by atoms with Crippen molar-refractivity contribution in [3.8, 4) is 11.3 Å². The molecule has 4 aromatic rings. The Morgan fingerprint density at radius 2 is 1.83 bits per heavy atom. The highest BCUT2D eigenvalue weighted by atomic mass is 19.4. The highest BCUT2D eigenvalue weighted by molar-refractivity contribution is 5.95. The van der Waals surface area contributed by atoms with Gasteiger partial charge in [0.2, 0.25) is 0 Å². The lowest BCUT2D eigenvalue weighted by atomic mass is 10.0. The van der Waals surface area contributed by atoms with Crippen LogP contribution in [0.3, 0.4) is 0 Å². The van der Waals surface area contributed by atoms with Crippen molar-refractivity contribution in [1.29, 1.82) is 0 Å². The summed E-state index contributed by atoms with van der Waals surface area (Å²) in [7, 11) is 1.73. The maximum absolute atomic E-state index is 13.9. The molecule has 3 aromatic carbocycles. The van der Waals surface area contributed by atoms with Gasteiger partial charge in [0, 0.05) is 36.8 Å². The lowest BCUT2D eigenvalue weighted by Crippen LogP contribution is -2.39. The number of piperidine rings is 1. The summed E-state index contributed by atoms with van der Waals surface area (Å²) in [5.74, 6) is 0. The highest BCUT2D eigenvalue weighted by Gasteiger charge is 2.34. The molecule has 0 N–H and O–H groups in total. The van der Waals surface area contributed by atoms with Gasteiger partial charge in [-0.05, 0) is 43.5 Å². The van der Waals surface area contributed by atoms with Gasteiger partial charge in [-0.2, -0.15) is 18.3 Å². The van der Waals surface area contributed by atoms with Crippen LogP contribution in [-0.2, 0) is 17.5 Å². The zero-order chi connectivity index (χ0) is 24.6. The third-order valence-corrected chi connectivity index (χ3v) is 6.69. The van der Waals surface area contributed by atoms with E-state index in [4.69, 9.17) is 4.74 Å². The van der Waals surface area contributed by atoms with E-state index in [9.17, 15) is 13.2 Å². The fourth-order valence-electron chi connectivity index (χ4n) is 5.00. The van der Waals surface area contributed by atoms with Crippen LogP contribution in [-0.4, -0.2) is 36.1 Å². The molecule has 0 saturated carbocycles. The zero-order valence-corrected chi connectivity index (χ0v) is 19.8. The van der Waals surface area contributed by atoms with Crippen LogP contribution in [0.5, 0.6) is 0 Å². The van der Waals surface area contributed by atoms with Crippen molar-refractivity contribution >= 4 is 16.6 Å². The Morgan fingerprint density at radius 1 is 1.03 bits per heavy atom. The maximum atomic E-state index is 13.9. The molecule has 0 amide bonds. The number of fused-ring (bicyclic) bond motifs is 1. The monoisotopic (exact) mass is 479 g/mol. The van der Waals surface area contributed by atoms with Crippen molar-refractivity contribution < 1.29 is 17.9 Å². The zero-order valence-electron chi connectivity index (χ0n) is 19.8. The fraction of sp³-hybridized carbons (Fsp3) is 0.321. The van der Waals surface area contributed by atoms with E-state index < -0.39 is 11.7 Å². The first kappa shape index (κ1) is 23.4. The summed E-state index contributed by atoms with van der Waals surface area (Å²) in [5.41, 5.74) is 3.91. The van der Waals surface area contributed by atoms with E-state index in [0.29, 0.717) is 17.6 Å². The van der Waals surface area contributed by atoms with E-state index in [1.54, 1.807) is 17.9 Å². The molecular weight excluding hydrogens is 451 g/mol. The van der Waals surface area contributed by atoms with Crippen LogP contribution >= 0.6 is 0 Å². The largest absolute Gasteiger partial charge is 0.418 e. The molecule has 1 fully saturated rings. The van der Waals surface area contributed by atoms with E-state index in [1.807, 2.05) is 49.4 Å². The van der Waals surface area contributed by atoms with Gasteiger partial charge in [0.25, 0.3) is 0 Å². The normalized spacial score (nSPS) is 16.7. The molecule has 1 aromatic heterocycles. The molecule has 4 nitrogen and oxygen atoms in total. The Morgan fingerprint density at radius 3 is 2.60 bits per heavy atom. The predicted octanol–water partition coefficient (Wildman–Crippen LogP) is 6.69. The van der Waals surface area contributed by atoms with Crippen LogP contribution in [0, 0.1) is 6.92 Å². The molecule has 1 atom stereocenters. The third kappa shape index (κ3) is 4.78. The number of anilines is 1. The highest BCUT2D eigenvalue weighted by Crippen LogP contribution is 2.39. The lowest BCUT2D eigenvalue weighted by Gasteiger charge is -2.33. The SMILES string of the molecule is COC1CCCN(c2cccc(-c3c4cccc(C(F)(F)F)c4nn3Cc3cccc(C)c3)c2)C1. The average Bonchev–Trinajstić information content (AvgIpc) is 3.21. The summed E-state index contributed by atoms with van der Waals surface area (Å²) in [6, 6.07) is 20.3. The van der Waals surface area contributed by atoms with Crippen LogP contribution in [0.15, 0.2) is 66.7 Å². The second-order valence-corrected chi connectivity index (χ2v) is 9.19. The second kappa shape index (κ2) is 9.38. The molecule has 0 spiro atoms. The van der Waals surface area contributed by atoms with E-state index in [2.05, 4.69) is 16.1 Å². The van der Waals surface area contributed by atoms with Gasteiger partial charge in [-0.15, -0.1) is 0 Å². The van der Waals surface area contributed by atoms with Crippen LogP contribution < -0.4 is 4.90 Å². The smallest absolute Gasteiger partial charge is 0.380 e. The molecule has 1 aliphatic rings. The molecule has 1 aliphatic heterocycles. The van der Waals surface area contributed by atoms with Crippen molar-refractivity contribution in [1.82, 2.24) is 9.78 Å². The molecule has 2 heterocycles. The Labute approximate surface area is 202 Å². The van der Waals surface area contributed by atoms with Crippen molar-refractivity contribution in [3.63, 3.8) is 0 Å². The van der Waals surface area contributed by atoms with Gasteiger partial charge in [0.15, 0.2) is 0 Å². The van der Waals surface area contributed by atoms with Gasteiger partial charge in [0.05, 0.1) is 23.9 Å². The number of ether oxygens (including phenoxy) is 1. The minimum absolute atomic E-state index is 0.0227. The Kier molecular flexibility index (Phi) is 6.28. The number of aryl methyl sites for hydroxylation is 1. The van der Waals surface area contributed by atoms with Crippen LogP contribution in [0.2, 0.25) is 0 Å². The molecule has 1 unspecified atom stereocenters. The predicted molar refractivity (Wildman–Crippen MR) is 133 cm³/mol. The lowest BCUT2D eigenvalue weighted by molar-refractivity contribution is -0.136. The minimum Gasteiger partial charge on any atom is -0.380 e. The van der Waals surface area contributed by atoms with E-state index >= 15 is 0 Å². The molecule has 7 heteroatoms. The Hall–Kier alpha value is -3.32. The van der Waals surface area contributed by atoms with Gasteiger partial charge >= 0.3 is 6.18 Å². The standard InChI is InChI=1S/C28H28F3N3O/c1-19-7-3-8-20(15-19)17-34-27(24-12-5-13-25(26(24)32-34)28(29,30)31)21-9-4-10-22(16-21)33-14-6-11-23(18-33)35-2/h3-5,7-10,12-13,15-16,23H,6,11,14,17-18H2,1-2H3. The number of halogens is 3. The molecule has 5 rings (SSSR count). The summed E-state index contributed by atoms with van der Waals surface area (Å²) in [4.78, 5) is 2.28. The van der Waals surface area contributed by atoms with Crippen LogP contribution in [0.1, 0.15) is 29.5 Å². The second-order valence-electron chi connectivity index (χ2n) is 9.19. The average molecular weight is 480 g/mol. The molecule has 35 heavy (non-hydrogen) atoms. The number of rotatable bonds is 5. The number of hydrogen-bond acceptors (Lipinski definition) is 3. The first-order valence-corrected chi connectivity index (χ1v) is 11.8. The maximum Gasteiger partial charge on any atom is 0.418 e. The number of hydrogen-bond donors (Lipinski definition) is 0. The Balaban J connectivity index is 1.64. The first-order valence-electron chi connectivity index (χ1n) is 11.8.